The number of hydrogen-bond acceptors (Lipinski definition) is 3. The summed E-state index contributed by atoms with van der Waals surface area (Å²) in [5.74, 6) is 0.919. The lowest BCUT2D eigenvalue weighted by atomic mass is 10.1. The lowest BCUT2D eigenvalue weighted by molar-refractivity contribution is 0.476. The fourth-order valence-corrected chi connectivity index (χ4v) is 3.73. The Bertz CT molecular complexity index is 690. The summed E-state index contributed by atoms with van der Waals surface area (Å²) >= 11 is 1.81. The highest BCUT2D eigenvalue weighted by atomic mass is 32.1. The minimum absolute atomic E-state index is 0.848. The molecule has 0 radical (unpaired) electrons. The molecule has 130 valence electrons. The fraction of sp³-hybridized carbons (Fsp3) is 0.474. The first-order chi connectivity index (χ1) is 11.5. The van der Waals surface area contributed by atoms with Crippen LogP contribution in [0.2, 0.25) is 0 Å². The highest BCUT2D eigenvalue weighted by Crippen LogP contribution is 2.18. The van der Waals surface area contributed by atoms with E-state index >= 15 is 0 Å². The quantitative estimate of drug-likeness (QED) is 0.643. The molecule has 2 rings (SSSR count). The first-order valence-corrected chi connectivity index (χ1v) is 9.28. The summed E-state index contributed by atoms with van der Waals surface area (Å²) in [7, 11) is 3.91. The van der Waals surface area contributed by atoms with Gasteiger partial charge < -0.3 is 10.2 Å². The molecule has 1 N–H and O–H groups in total. The van der Waals surface area contributed by atoms with Crippen molar-refractivity contribution in [2.45, 2.75) is 40.2 Å². The van der Waals surface area contributed by atoms with E-state index in [-0.39, 0.29) is 0 Å². The number of aromatic nitrogens is 1. The smallest absolute Gasteiger partial charge is 0.193 e. The molecular formula is C19H28N4S. The Kier molecular flexibility index (Phi) is 6.79. The van der Waals surface area contributed by atoms with Gasteiger partial charge in [-0.25, -0.2) is 4.98 Å². The second-order valence-corrected chi connectivity index (χ2v) is 7.26. The van der Waals surface area contributed by atoms with Crippen molar-refractivity contribution in [2.24, 2.45) is 4.99 Å². The molecule has 2 aromatic rings. The van der Waals surface area contributed by atoms with Crippen LogP contribution in [0.15, 0.2) is 29.3 Å². The number of benzene rings is 1. The first kappa shape index (κ1) is 18.5. The average Bonchev–Trinajstić information content (AvgIpc) is 2.93. The molecule has 0 saturated carbocycles. The maximum atomic E-state index is 4.70. The molecule has 0 atom stereocenters. The van der Waals surface area contributed by atoms with Crippen LogP contribution in [0, 0.1) is 13.8 Å². The summed E-state index contributed by atoms with van der Waals surface area (Å²) in [6.45, 7) is 8.16. The van der Waals surface area contributed by atoms with Crippen molar-refractivity contribution in [3.8, 4) is 0 Å². The number of rotatable bonds is 6. The van der Waals surface area contributed by atoms with E-state index in [0.29, 0.717) is 0 Å². The van der Waals surface area contributed by atoms with Crippen molar-refractivity contribution < 1.29 is 0 Å². The van der Waals surface area contributed by atoms with Gasteiger partial charge in [-0.1, -0.05) is 31.2 Å². The number of aliphatic imine (C=N–C) groups is 1. The topological polar surface area (TPSA) is 40.5 Å². The predicted molar refractivity (Wildman–Crippen MR) is 104 cm³/mol. The SMILES string of the molecule is CCc1nc(CCNC(=NC)N(C)Cc2ccccc2C)sc1C. The molecule has 4 nitrogen and oxygen atoms in total. The lowest BCUT2D eigenvalue weighted by Gasteiger charge is -2.22. The fourth-order valence-electron chi connectivity index (χ4n) is 2.71. The number of nitrogens with one attached hydrogen (secondary N) is 1. The molecule has 0 unspecified atom stereocenters. The van der Waals surface area contributed by atoms with Crippen LogP contribution in [0.25, 0.3) is 0 Å². The van der Waals surface area contributed by atoms with E-state index in [2.05, 4.69) is 67.3 Å². The molecule has 0 spiro atoms. The Morgan fingerprint density at radius 3 is 2.67 bits per heavy atom. The Balaban J connectivity index is 1.88. The van der Waals surface area contributed by atoms with Gasteiger partial charge in [-0.3, -0.25) is 4.99 Å². The van der Waals surface area contributed by atoms with Crippen LogP contribution in [-0.2, 0) is 19.4 Å². The number of thiazole rings is 1. The molecule has 24 heavy (non-hydrogen) atoms. The molecular weight excluding hydrogens is 316 g/mol. The third kappa shape index (κ3) is 4.81. The van der Waals surface area contributed by atoms with Gasteiger partial charge in [0.2, 0.25) is 0 Å². The zero-order chi connectivity index (χ0) is 17.5. The molecule has 0 fully saturated rings. The third-order valence-corrected chi connectivity index (χ3v) is 5.21. The highest BCUT2D eigenvalue weighted by molar-refractivity contribution is 7.11. The Morgan fingerprint density at radius 1 is 1.29 bits per heavy atom. The van der Waals surface area contributed by atoms with Crippen LogP contribution in [0.5, 0.6) is 0 Å². The van der Waals surface area contributed by atoms with Crippen LogP contribution in [0.1, 0.15) is 33.6 Å². The number of guanidine groups is 1. The molecule has 0 aliphatic heterocycles. The Morgan fingerprint density at radius 2 is 2.04 bits per heavy atom. The van der Waals surface area contributed by atoms with Crippen molar-refractivity contribution in [3.63, 3.8) is 0 Å². The van der Waals surface area contributed by atoms with E-state index < -0.39 is 0 Å². The first-order valence-electron chi connectivity index (χ1n) is 8.46. The molecule has 1 aromatic carbocycles. The van der Waals surface area contributed by atoms with Crippen LogP contribution in [0.3, 0.4) is 0 Å². The molecule has 0 saturated heterocycles. The van der Waals surface area contributed by atoms with E-state index in [1.165, 1.54) is 26.7 Å². The second kappa shape index (κ2) is 8.83. The maximum absolute atomic E-state index is 4.70. The predicted octanol–water partition coefficient (Wildman–Crippen LogP) is 3.57. The van der Waals surface area contributed by atoms with Crippen LogP contribution in [0.4, 0.5) is 0 Å². The van der Waals surface area contributed by atoms with E-state index in [0.717, 1.165) is 31.9 Å². The zero-order valence-corrected chi connectivity index (χ0v) is 16.2. The van der Waals surface area contributed by atoms with Crippen molar-refractivity contribution in [2.75, 3.05) is 20.6 Å². The van der Waals surface area contributed by atoms with Crippen LogP contribution < -0.4 is 5.32 Å². The molecule has 0 aliphatic carbocycles. The van der Waals surface area contributed by atoms with Gasteiger partial charge in [0.1, 0.15) is 0 Å². The summed E-state index contributed by atoms with van der Waals surface area (Å²) in [6, 6.07) is 8.48. The largest absolute Gasteiger partial charge is 0.356 e. The highest BCUT2D eigenvalue weighted by Gasteiger charge is 2.09. The summed E-state index contributed by atoms with van der Waals surface area (Å²) in [6.07, 6.45) is 1.94. The summed E-state index contributed by atoms with van der Waals surface area (Å²) in [5, 5.41) is 4.65. The van der Waals surface area contributed by atoms with E-state index in [1.54, 1.807) is 11.3 Å². The van der Waals surface area contributed by atoms with Crippen molar-refractivity contribution in [3.05, 3.63) is 51.0 Å². The molecule has 1 aromatic heterocycles. The van der Waals surface area contributed by atoms with Gasteiger partial charge in [-0.2, -0.15) is 0 Å². The zero-order valence-electron chi connectivity index (χ0n) is 15.4. The van der Waals surface area contributed by atoms with Gasteiger partial charge in [0.15, 0.2) is 5.96 Å². The summed E-state index contributed by atoms with van der Waals surface area (Å²) < 4.78 is 0. The monoisotopic (exact) mass is 344 g/mol. The van der Waals surface area contributed by atoms with Gasteiger partial charge in [-0.05, 0) is 31.4 Å². The summed E-state index contributed by atoms with van der Waals surface area (Å²) in [4.78, 5) is 12.6. The third-order valence-electron chi connectivity index (χ3n) is 4.14. The van der Waals surface area contributed by atoms with E-state index in [4.69, 9.17) is 4.98 Å². The average molecular weight is 345 g/mol. The van der Waals surface area contributed by atoms with Gasteiger partial charge in [-0.15, -0.1) is 11.3 Å². The van der Waals surface area contributed by atoms with E-state index in [9.17, 15) is 0 Å². The minimum Gasteiger partial charge on any atom is -0.356 e. The van der Waals surface area contributed by atoms with Gasteiger partial charge in [0.25, 0.3) is 0 Å². The number of nitrogens with zero attached hydrogens (tertiary/aromatic N) is 3. The Labute approximate surface area is 149 Å². The second-order valence-electron chi connectivity index (χ2n) is 5.97. The molecule has 5 heteroatoms. The minimum atomic E-state index is 0.848. The standard InChI is InChI=1S/C19H28N4S/c1-6-17-15(3)24-18(22-17)11-12-21-19(20-4)23(5)13-16-10-8-7-9-14(16)2/h7-10H,6,11-13H2,1-5H3,(H,20,21). The molecule has 0 bridgehead atoms. The molecule has 0 aliphatic rings. The van der Waals surface area contributed by atoms with Crippen molar-refractivity contribution in [1.82, 2.24) is 15.2 Å². The number of aryl methyl sites for hydroxylation is 3. The number of hydrogen-bond donors (Lipinski definition) is 1. The normalized spacial score (nSPS) is 11.6. The maximum Gasteiger partial charge on any atom is 0.193 e. The van der Waals surface area contributed by atoms with Crippen LogP contribution >= 0.6 is 11.3 Å². The van der Waals surface area contributed by atoms with Crippen molar-refractivity contribution >= 4 is 17.3 Å². The van der Waals surface area contributed by atoms with Gasteiger partial charge >= 0.3 is 0 Å². The van der Waals surface area contributed by atoms with Gasteiger partial charge in [0, 0.05) is 38.5 Å². The van der Waals surface area contributed by atoms with Crippen LogP contribution in [-0.4, -0.2) is 36.5 Å². The van der Waals surface area contributed by atoms with E-state index in [1.807, 2.05) is 7.05 Å². The van der Waals surface area contributed by atoms with Crippen molar-refractivity contribution in [1.29, 1.82) is 0 Å². The summed E-state index contributed by atoms with van der Waals surface area (Å²) in [5.41, 5.74) is 3.87. The molecule has 0 amide bonds. The lowest BCUT2D eigenvalue weighted by Crippen LogP contribution is -2.39. The molecule has 1 heterocycles. The van der Waals surface area contributed by atoms with Gasteiger partial charge in [0.05, 0.1) is 10.7 Å². The Hall–Kier alpha value is -1.88.